The molecule has 0 aliphatic rings. The fourth-order valence-electron chi connectivity index (χ4n) is 1.62. The van der Waals surface area contributed by atoms with E-state index in [9.17, 15) is 0 Å². The van der Waals surface area contributed by atoms with E-state index in [1.165, 1.54) is 0 Å². The van der Waals surface area contributed by atoms with Gasteiger partial charge in [-0.1, -0.05) is 12.1 Å². The predicted molar refractivity (Wildman–Crippen MR) is 83.5 cm³/mol. The number of hydrogen-bond donors (Lipinski definition) is 1. The van der Waals surface area contributed by atoms with Gasteiger partial charge in [-0.15, -0.1) is 16.7 Å². The summed E-state index contributed by atoms with van der Waals surface area (Å²) in [5, 5.41) is 3.03. The molecule has 0 amide bonds. The molecule has 0 saturated heterocycles. The van der Waals surface area contributed by atoms with Gasteiger partial charge in [-0.25, -0.2) is 0 Å². The molecule has 1 aromatic carbocycles. The standard InChI is InChI=1S/C14H18N4O2S/c1-4-15-12-16-13(19-5-2)18-14(17-12)20-10-8-6-7-9-11(10)21-3/h6-9H,4-5H2,1-3H3,(H,15,16,17,18). The number of rotatable bonds is 7. The van der Waals surface area contributed by atoms with Crippen molar-refractivity contribution in [2.75, 3.05) is 24.7 Å². The Hall–Kier alpha value is -2.02. The molecule has 21 heavy (non-hydrogen) atoms. The minimum atomic E-state index is 0.214. The number of ether oxygens (including phenoxy) is 2. The van der Waals surface area contributed by atoms with Crippen LogP contribution in [0.3, 0.4) is 0 Å². The van der Waals surface area contributed by atoms with Crippen LogP contribution in [0.5, 0.6) is 17.8 Å². The van der Waals surface area contributed by atoms with Crippen LogP contribution in [0.2, 0.25) is 0 Å². The first-order valence-electron chi connectivity index (χ1n) is 6.70. The number of thioether (sulfide) groups is 1. The van der Waals surface area contributed by atoms with E-state index < -0.39 is 0 Å². The van der Waals surface area contributed by atoms with Crippen LogP contribution in [0.25, 0.3) is 0 Å². The van der Waals surface area contributed by atoms with Gasteiger partial charge in [-0.05, 0) is 32.2 Å². The Morgan fingerprint density at radius 1 is 1.10 bits per heavy atom. The molecule has 2 rings (SSSR count). The van der Waals surface area contributed by atoms with E-state index >= 15 is 0 Å². The third-order valence-corrected chi connectivity index (χ3v) is 3.25. The molecule has 1 heterocycles. The highest BCUT2D eigenvalue weighted by molar-refractivity contribution is 7.98. The maximum atomic E-state index is 5.77. The Morgan fingerprint density at radius 2 is 1.86 bits per heavy atom. The minimum absolute atomic E-state index is 0.214. The Balaban J connectivity index is 2.29. The summed E-state index contributed by atoms with van der Waals surface area (Å²) in [7, 11) is 0. The van der Waals surface area contributed by atoms with Gasteiger partial charge in [0, 0.05) is 11.4 Å². The second-order valence-electron chi connectivity index (χ2n) is 3.94. The molecule has 0 aliphatic heterocycles. The molecule has 1 aromatic heterocycles. The molecule has 112 valence electrons. The van der Waals surface area contributed by atoms with Gasteiger partial charge in [0.05, 0.1) is 6.61 Å². The molecule has 0 spiro atoms. The molecule has 0 atom stereocenters. The average molecular weight is 306 g/mol. The Labute approximate surface area is 128 Å². The van der Waals surface area contributed by atoms with E-state index in [1.54, 1.807) is 11.8 Å². The highest BCUT2D eigenvalue weighted by Crippen LogP contribution is 2.30. The highest BCUT2D eigenvalue weighted by atomic mass is 32.2. The highest BCUT2D eigenvalue weighted by Gasteiger charge is 2.10. The Bertz CT molecular complexity index is 571. The van der Waals surface area contributed by atoms with Crippen LogP contribution in [0, 0.1) is 0 Å². The molecule has 0 fully saturated rings. The van der Waals surface area contributed by atoms with E-state index in [1.807, 2.05) is 44.4 Å². The number of aromatic nitrogens is 3. The Morgan fingerprint density at radius 3 is 2.57 bits per heavy atom. The third kappa shape index (κ3) is 4.22. The maximum Gasteiger partial charge on any atom is 0.330 e. The van der Waals surface area contributed by atoms with Crippen LogP contribution in [-0.2, 0) is 0 Å². The summed E-state index contributed by atoms with van der Waals surface area (Å²) in [6.45, 7) is 5.03. The van der Waals surface area contributed by atoms with Gasteiger partial charge in [0.25, 0.3) is 0 Å². The monoisotopic (exact) mass is 306 g/mol. The van der Waals surface area contributed by atoms with Gasteiger partial charge in [-0.3, -0.25) is 0 Å². The molecule has 2 aromatic rings. The average Bonchev–Trinajstić information content (AvgIpc) is 2.48. The molecule has 0 bridgehead atoms. The summed E-state index contributed by atoms with van der Waals surface area (Å²) in [5.74, 6) is 1.15. The second kappa shape index (κ2) is 7.68. The minimum Gasteiger partial charge on any atom is -0.464 e. The zero-order valence-electron chi connectivity index (χ0n) is 12.3. The van der Waals surface area contributed by atoms with Crippen LogP contribution in [0.1, 0.15) is 13.8 Å². The van der Waals surface area contributed by atoms with Crippen LogP contribution < -0.4 is 14.8 Å². The van der Waals surface area contributed by atoms with Crippen molar-refractivity contribution < 1.29 is 9.47 Å². The summed E-state index contributed by atoms with van der Waals surface area (Å²) in [5.41, 5.74) is 0. The first kappa shape index (κ1) is 15.4. The van der Waals surface area contributed by atoms with Crippen LogP contribution >= 0.6 is 11.8 Å². The normalized spacial score (nSPS) is 10.2. The quantitative estimate of drug-likeness (QED) is 0.788. The van der Waals surface area contributed by atoms with Crippen molar-refractivity contribution in [3.05, 3.63) is 24.3 Å². The van der Waals surface area contributed by atoms with E-state index in [-0.39, 0.29) is 12.0 Å². The van der Waals surface area contributed by atoms with Crippen molar-refractivity contribution in [1.29, 1.82) is 0 Å². The lowest BCUT2D eigenvalue weighted by molar-refractivity contribution is 0.303. The van der Waals surface area contributed by atoms with Crippen molar-refractivity contribution in [2.24, 2.45) is 0 Å². The fraction of sp³-hybridized carbons (Fsp3) is 0.357. The molecule has 0 unspecified atom stereocenters. The molecule has 6 nitrogen and oxygen atoms in total. The molecular formula is C14H18N4O2S. The predicted octanol–water partition coefficient (Wildman–Crippen LogP) is 3.22. The van der Waals surface area contributed by atoms with Gasteiger partial charge in [0.2, 0.25) is 5.95 Å². The van der Waals surface area contributed by atoms with Gasteiger partial charge in [-0.2, -0.15) is 9.97 Å². The first-order valence-corrected chi connectivity index (χ1v) is 7.92. The second-order valence-corrected chi connectivity index (χ2v) is 4.79. The maximum absolute atomic E-state index is 5.77. The van der Waals surface area contributed by atoms with Crippen LogP contribution in [0.4, 0.5) is 5.95 Å². The lowest BCUT2D eigenvalue weighted by Gasteiger charge is -2.10. The van der Waals surface area contributed by atoms with Crippen molar-refractivity contribution in [3.8, 4) is 17.8 Å². The molecule has 1 N–H and O–H groups in total. The topological polar surface area (TPSA) is 69.2 Å². The van der Waals surface area contributed by atoms with Crippen molar-refractivity contribution >= 4 is 17.7 Å². The van der Waals surface area contributed by atoms with E-state index in [0.717, 1.165) is 4.90 Å². The number of benzene rings is 1. The lowest BCUT2D eigenvalue weighted by atomic mass is 10.3. The number of nitrogens with zero attached hydrogens (tertiary/aromatic N) is 3. The zero-order chi connectivity index (χ0) is 15.1. The zero-order valence-corrected chi connectivity index (χ0v) is 13.1. The smallest absolute Gasteiger partial charge is 0.330 e. The first-order chi connectivity index (χ1) is 10.3. The van der Waals surface area contributed by atoms with Crippen LogP contribution in [-0.4, -0.2) is 34.4 Å². The SMILES string of the molecule is CCNc1nc(OCC)nc(Oc2ccccc2SC)n1. The van der Waals surface area contributed by atoms with Crippen molar-refractivity contribution in [1.82, 2.24) is 15.0 Å². The van der Waals surface area contributed by atoms with Gasteiger partial charge in [0.1, 0.15) is 5.75 Å². The summed E-state index contributed by atoms with van der Waals surface area (Å²) < 4.78 is 11.1. The molecule has 0 radical (unpaired) electrons. The summed E-state index contributed by atoms with van der Waals surface area (Å²) in [6.07, 6.45) is 1.99. The third-order valence-electron chi connectivity index (χ3n) is 2.47. The molecular weight excluding hydrogens is 288 g/mol. The number of nitrogens with one attached hydrogen (secondary N) is 1. The van der Waals surface area contributed by atoms with Gasteiger partial charge in [0.15, 0.2) is 0 Å². The number of anilines is 1. The van der Waals surface area contributed by atoms with Gasteiger partial charge < -0.3 is 14.8 Å². The lowest BCUT2D eigenvalue weighted by Crippen LogP contribution is -2.07. The Kier molecular flexibility index (Phi) is 5.62. The van der Waals surface area contributed by atoms with Crippen molar-refractivity contribution in [2.45, 2.75) is 18.7 Å². The van der Waals surface area contributed by atoms with E-state index in [2.05, 4.69) is 20.3 Å². The largest absolute Gasteiger partial charge is 0.464 e. The fourth-order valence-corrected chi connectivity index (χ4v) is 2.14. The molecule has 7 heteroatoms. The summed E-state index contributed by atoms with van der Waals surface area (Å²) >= 11 is 1.60. The summed E-state index contributed by atoms with van der Waals surface area (Å²) in [6, 6.07) is 8.19. The molecule has 0 saturated carbocycles. The van der Waals surface area contributed by atoms with Crippen LogP contribution in [0.15, 0.2) is 29.2 Å². The van der Waals surface area contributed by atoms with Crippen molar-refractivity contribution in [3.63, 3.8) is 0 Å². The molecule has 0 aliphatic carbocycles. The number of para-hydroxylation sites is 1. The van der Waals surface area contributed by atoms with E-state index in [4.69, 9.17) is 9.47 Å². The number of hydrogen-bond acceptors (Lipinski definition) is 7. The van der Waals surface area contributed by atoms with E-state index in [0.29, 0.717) is 24.8 Å². The summed E-state index contributed by atoms with van der Waals surface area (Å²) in [4.78, 5) is 13.6. The van der Waals surface area contributed by atoms with Gasteiger partial charge >= 0.3 is 12.0 Å².